The smallest absolute Gasteiger partial charge is 0.410 e. The van der Waals surface area contributed by atoms with Crippen LogP contribution in [0.1, 0.15) is 59.1 Å². The van der Waals surface area contributed by atoms with Gasteiger partial charge in [0.2, 0.25) is 17.7 Å². The predicted octanol–water partition coefficient (Wildman–Crippen LogP) is 2.36. The molecule has 3 heterocycles. The molecule has 2 aliphatic rings. The summed E-state index contributed by atoms with van der Waals surface area (Å²) in [5, 5.41) is 10.7. The van der Waals surface area contributed by atoms with Crippen molar-refractivity contribution in [3.63, 3.8) is 0 Å². The van der Waals surface area contributed by atoms with E-state index in [1.165, 1.54) is 0 Å². The summed E-state index contributed by atoms with van der Waals surface area (Å²) in [6.45, 7) is 10.6. The second-order valence-corrected chi connectivity index (χ2v) is 11.0. The molecule has 2 saturated heterocycles. The first-order chi connectivity index (χ1) is 17.3. The molecule has 37 heavy (non-hydrogen) atoms. The van der Waals surface area contributed by atoms with E-state index in [1.807, 2.05) is 52.8 Å². The number of anilines is 1. The van der Waals surface area contributed by atoms with Gasteiger partial charge >= 0.3 is 6.09 Å². The number of hydrogen-bond donors (Lipinski definition) is 2. The summed E-state index contributed by atoms with van der Waals surface area (Å²) in [6.07, 6.45) is 0.325. The average Bonchev–Trinajstić information content (AvgIpc) is 3.12. The third kappa shape index (κ3) is 5.76. The number of amides is 4. The number of hydrogen-bond acceptors (Lipinski definition) is 7. The van der Waals surface area contributed by atoms with E-state index in [2.05, 4.69) is 20.6 Å². The third-order valence-electron chi connectivity index (χ3n) is 6.82. The highest BCUT2D eigenvalue weighted by molar-refractivity contribution is 6.05. The Balaban J connectivity index is 1.46. The van der Waals surface area contributed by atoms with Crippen LogP contribution in [0.4, 0.5) is 10.5 Å². The van der Waals surface area contributed by atoms with E-state index in [0.717, 1.165) is 5.39 Å². The van der Waals surface area contributed by atoms with Gasteiger partial charge in [-0.05, 0) is 47.1 Å². The Bertz CT molecular complexity index is 1220. The minimum Gasteiger partial charge on any atom is -0.444 e. The van der Waals surface area contributed by atoms with Gasteiger partial charge in [-0.2, -0.15) is 5.10 Å². The summed E-state index contributed by atoms with van der Waals surface area (Å²) in [4.78, 5) is 53.5. The Labute approximate surface area is 216 Å². The number of nitrogens with one attached hydrogen (secondary N) is 2. The molecule has 1 unspecified atom stereocenters. The molecule has 0 saturated carbocycles. The van der Waals surface area contributed by atoms with Crippen molar-refractivity contribution >= 4 is 40.4 Å². The summed E-state index contributed by atoms with van der Waals surface area (Å²) in [5.41, 5.74) is 1.35. The highest BCUT2D eigenvalue weighted by Gasteiger charge is 2.35. The van der Waals surface area contributed by atoms with E-state index in [4.69, 9.17) is 4.74 Å². The molecule has 200 valence electrons. The zero-order valence-electron chi connectivity index (χ0n) is 22.3. The zero-order valence-corrected chi connectivity index (χ0v) is 22.3. The number of aromatic nitrogens is 2. The van der Waals surface area contributed by atoms with E-state index in [-0.39, 0.29) is 48.9 Å². The van der Waals surface area contributed by atoms with Crippen LogP contribution < -0.4 is 10.6 Å². The van der Waals surface area contributed by atoms with Crippen LogP contribution in [0, 0.1) is 0 Å². The van der Waals surface area contributed by atoms with Crippen LogP contribution in [0.15, 0.2) is 18.2 Å². The maximum absolute atomic E-state index is 13.1. The van der Waals surface area contributed by atoms with Gasteiger partial charge in [-0.3, -0.25) is 29.3 Å². The highest BCUT2D eigenvalue weighted by Crippen LogP contribution is 2.33. The molecule has 0 bridgehead atoms. The van der Waals surface area contributed by atoms with Crippen molar-refractivity contribution in [2.24, 2.45) is 7.05 Å². The first-order valence-corrected chi connectivity index (χ1v) is 12.7. The largest absolute Gasteiger partial charge is 0.444 e. The minimum absolute atomic E-state index is 0.0337. The number of ether oxygens (including phenoxy) is 1. The lowest BCUT2D eigenvalue weighted by atomic mass is 9.92. The summed E-state index contributed by atoms with van der Waals surface area (Å²) in [5.74, 6) is -1.32. The second kappa shape index (κ2) is 10.1. The van der Waals surface area contributed by atoms with Gasteiger partial charge in [0.15, 0.2) is 0 Å². The van der Waals surface area contributed by atoms with Crippen molar-refractivity contribution < 1.29 is 23.9 Å². The Morgan fingerprint density at radius 3 is 2.46 bits per heavy atom. The molecule has 2 fully saturated rings. The van der Waals surface area contributed by atoms with E-state index < -0.39 is 11.5 Å². The Morgan fingerprint density at radius 2 is 1.84 bits per heavy atom. The third-order valence-corrected chi connectivity index (χ3v) is 6.82. The van der Waals surface area contributed by atoms with Crippen LogP contribution in [0.3, 0.4) is 0 Å². The molecule has 11 heteroatoms. The second-order valence-electron chi connectivity index (χ2n) is 11.0. The molecule has 3 atom stereocenters. The highest BCUT2D eigenvalue weighted by atomic mass is 16.6. The maximum atomic E-state index is 13.1. The molecular weight excluding hydrogens is 476 g/mol. The lowest BCUT2D eigenvalue weighted by Gasteiger charge is -2.44. The molecule has 0 radical (unpaired) electrons. The number of rotatable bonds is 4. The van der Waals surface area contributed by atoms with Crippen molar-refractivity contribution in [1.82, 2.24) is 24.9 Å². The van der Waals surface area contributed by atoms with Crippen molar-refractivity contribution in [1.29, 1.82) is 0 Å². The van der Waals surface area contributed by atoms with Gasteiger partial charge in [0, 0.05) is 44.0 Å². The first kappa shape index (κ1) is 26.6. The number of para-hydroxylation sites is 1. The van der Waals surface area contributed by atoms with Gasteiger partial charge < -0.3 is 15.0 Å². The summed E-state index contributed by atoms with van der Waals surface area (Å²) >= 11 is 0. The normalized spacial score (nSPS) is 23.2. The number of aryl methyl sites for hydroxylation is 1. The van der Waals surface area contributed by atoms with Crippen LogP contribution >= 0.6 is 0 Å². The lowest BCUT2D eigenvalue weighted by Crippen LogP contribution is -2.59. The predicted molar refractivity (Wildman–Crippen MR) is 138 cm³/mol. The maximum Gasteiger partial charge on any atom is 0.410 e. The van der Waals surface area contributed by atoms with E-state index in [1.54, 1.807) is 16.6 Å². The Hall–Kier alpha value is -3.47. The molecule has 1 aromatic heterocycles. The molecule has 2 N–H and O–H groups in total. The Morgan fingerprint density at radius 1 is 1.16 bits per heavy atom. The number of carbonyl (C=O) groups excluding carboxylic acids is 4. The van der Waals surface area contributed by atoms with Gasteiger partial charge in [0.05, 0.1) is 29.4 Å². The summed E-state index contributed by atoms with van der Waals surface area (Å²) in [7, 11) is 1.77. The number of fused-ring (bicyclic) bond motifs is 1. The van der Waals surface area contributed by atoms with E-state index in [9.17, 15) is 19.2 Å². The Kier molecular flexibility index (Phi) is 7.27. The topological polar surface area (TPSA) is 126 Å². The van der Waals surface area contributed by atoms with Crippen LogP contribution in [0.2, 0.25) is 0 Å². The van der Waals surface area contributed by atoms with Gasteiger partial charge in [-0.15, -0.1) is 0 Å². The van der Waals surface area contributed by atoms with Crippen LogP contribution in [0.5, 0.6) is 0 Å². The summed E-state index contributed by atoms with van der Waals surface area (Å²) < 4.78 is 7.18. The monoisotopic (exact) mass is 512 g/mol. The fraction of sp³-hybridized carbons (Fsp3) is 0.577. The minimum atomic E-state index is -0.564. The van der Waals surface area contributed by atoms with Gasteiger partial charge in [0.1, 0.15) is 5.60 Å². The average molecular weight is 513 g/mol. The van der Waals surface area contributed by atoms with Crippen molar-refractivity contribution in [3.05, 3.63) is 23.9 Å². The van der Waals surface area contributed by atoms with Gasteiger partial charge in [-0.1, -0.05) is 12.1 Å². The standard InChI is InChI=1S/C26H36N6O5/c1-15-12-31(25(36)37-26(3,4)5)13-16(2)32(15)14-21(34)27-19-9-7-8-17-22(29-30(6)23(17)19)18-10-11-20(33)28-24(18)35/h7-9,15-16,18H,10-14H2,1-6H3,(H,27,34)(H,28,33,35)/t15-,16+,18?. The van der Waals surface area contributed by atoms with Crippen LogP contribution in [-0.2, 0) is 26.2 Å². The number of piperazine rings is 1. The fourth-order valence-corrected chi connectivity index (χ4v) is 5.18. The van der Waals surface area contributed by atoms with Gasteiger partial charge in [-0.25, -0.2) is 4.79 Å². The lowest BCUT2D eigenvalue weighted by molar-refractivity contribution is -0.134. The first-order valence-electron chi connectivity index (χ1n) is 12.7. The molecule has 0 aliphatic carbocycles. The number of benzene rings is 1. The molecule has 2 aliphatic heterocycles. The number of carbonyl (C=O) groups is 4. The van der Waals surface area contributed by atoms with Crippen molar-refractivity contribution in [3.8, 4) is 0 Å². The van der Waals surface area contributed by atoms with E-state index >= 15 is 0 Å². The zero-order chi connectivity index (χ0) is 27.1. The molecule has 2 aromatic rings. The van der Waals surface area contributed by atoms with E-state index in [0.29, 0.717) is 36.4 Å². The van der Waals surface area contributed by atoms with Crippen LogP contribution in [-0.4, -0.2) is 80.7 Å². The molecule has 0 spiro atoms. The van der Waals surface area contributed by atoms with Gasteiger partial charge in [0.25, 0.3) is 0 Å². The SMILES string of the molecule is C[C@@H]1CN(C(=O)OC(C)(C)C)C[C@H](C)N1CC(=O)Nc1cccc2c(C3CCC(=O)NC3=O)nn(C)c12. The van der Waals surface area contributed by atoms with Crippen molar-refractivity contribution in [2.45, 2.75) is 71.1 Å². The number of nitrogens with zero attached hydrogens (tertiary/aromatic N) is 4. The molecule has 4 amide bonds. The summed E-state index contributed by atoms with van der Waals surface area (Å²) in [6, 6.07) is 5.43. The number of piperidine rings is 1. The number of imide groups is 1. The quantitative estimate of drug-likeness (QED) is 0.603. The van der Waals surface area contributed by atoms with Crippen LogP contribution in [0.25, 0.3) is 10.9 Å². The van der Waals surface area contributed by atoms with Crippen molar-refractivity contribution in [2.75, 3.05) is 25.0 Å². The molecule has 11 nitrogen and oxygen atoms in total. The fourth-order valence-electron chi connectivity index (χ4n) is 5.18. The molecule has 1 aromatic carbocycles. The molecular formula is C26H36N6O5. The molecule has 4 rings (SSSR count).